The summed E-state index contributed by atoms with van der Waals surface area (Å²) in [6.45, 7) is 5.92. The molecule has 34 heavy (non-hydrogen) atoms. The molecule has 1 amide bonds. The highest BCUT2D eigenvalue weighted by Gasteiger charge is 2.15. The minimum Gasteiger partial charge on any atom is -0.445 e. The van der Waals surface area contributed by atoms with Crippen LogP contribution in [-0.2, 0) is 24.4 Å². The van der Waals surface area contributed by atoms with Crippen molar-refractivity contribution >= 4 is 35.2 Å². The van der Waals surface area contributed by atoms with Gasteiger partial charge in [0.05, 0.1) is 11.2 Å². The summed E-state index contributed by atoms with van der Waals surface area (Å²) in [6.07, 6.45) is 1.01. The van der Waals surface area contributed by atoms with E-state index in [4.69, 9.17) is 9.72 Å². The van der Waals surface area contributed by atoms with Crippen molar-refractivity contribution in [2.45, 2.75) is 40.0 Å². The van der Waals surface area contributed by atoms with E-state index in [9.17, 15) is 9.59 Å². The number of aryl methyl sites for hydroxylation is 3. The summed E-state index contributed by atoms with van der Waals surface area (Å²) in [4.78, 5) is 28.3. The Morgan fingerprint density at radius 3 is 2.74 bits per heavy atom. The molecule has 0 saturated heterocycles. The van der Waals surface area contributed by atoms with Crippen LogP contribution >= 0.6 is 0 Å². The summed E-state index contributed by atoms with van der Waals surface area (Å²) >= 11 is 0. The fourth-order valence-corrected chi connectivity index (χ4v) is 3.79. The summed E-state index contributed by atoms with van der Waals surface area (Å²) in [5, 5.41) is 10.6. The topological polar surface area (TPSA) is 103 Å². The van der Waals surface area contributed by atoms with Crippen molar-refractivity contribution in [3.8, 4) is 0 Å². The molecule has 0 spiro atoms. The van der Waals surface area contributed by atoms with Gasteiger partial charge in [0.15, 0.2) is 6.29 Å². The van der Waals surface area contributed by atoms with Gasteiger partial charge in [0, 0.05) is 31.3 Å². The van der Waals surface area contributed by atoms with Crippen LogP contribution in [0.4, 0.5) is 16.6 Å². The summed E-state index contributed by atoms with van der Waals surface area (Å²) in [5.74, 6) is 1.44. The first-order valence-corrected chi connectivity index (χ1v) is 11.3. The number of nitrogens with one attached hydrogen (secondary N) is 2. The Hall–Kier alpha value is -4.14. The van der Waals surface area contributed by atoms with Crippen molar-refractivity contribution in [3.63, 3.8) is 0 Å². The van der Waals surface area contributed by atoms with Crippen molar-refractivity contribution in [2.75, 3.05) is 11.9 Å². The van der Waals surface area contributed by atoms with Crippen molar-refractivity contribution in [2.24, 2.45) is 0 Å². The number of para-hydroxylation sites is 1. The van der Waals surface area contributed by atoms with E-state index in [0.717, 1.165) is 28.9 Å². The third-order valence-corrected chi connectivity index (χ3v) is 5.42. The normalized spacial score (nSPS) is 10.9. The predicted octanol–water partition coefficient (Wildman–Crippen LogP) is 4.43. The van der Waals surface area contributed by atoms with Crippen molar-refractivity contribution in [3.05, 3.63) is 71.4 Å². The molecule has 0 aliphatic rings. The molecule has 2 aromatic heterocycles. The fourth-order valence-electron chi connectivity index (χ4n) is 3.79. The minimum absolute atomic E-state index is 0.228. The van der Waals surface area contributed by atoms with E-state index in [-0.39, 0.29) is 6.61 Å². The number of anilines is 2. The van der Waals surface area contributed by atoms with E-state index >= 15 is 0 Å². The number of fused-ring (bicyclic) bond motifs is 1. The first-order chi connectivity index (χ1) is 16.6. The number of amides is 1. The molecule has 0 saturated carbocycles. The van der Waals surface area contributed by atoms with E-state index in [1.807, 2.05) is 71.6 Å². The maximum Gasteiger partial charge on any atom is 0.407 e. The van der Waals surface area contributed by atoms with E-state index in [1.54, 1.807) is 6.07 Å². The Balaban J connectivity index is 1.44. The maximum absolute atomic E-state index is 12.0. The van der Waals surface area contributed by atoms with Crippen LogP contribution in [0, 0.1) is 6.92 Å². The number of benzene rings is 2. The van der Waals surface area contributed by atoms with Gasteiger partial charge >= 0.3 is 6.09 Å². The largest absolute Gasteiger partial charge is 0.445 e. The van der Waals surface area contributed by atoms with Gasteiger partial charge in [0.25, 0.3) is 0 Å². The second-order valence-corrected chi connectivity index (χ2v) is 7.87. The van der Waals surface area contributed by atoms with Crippen molar-refractivity contribution in [1.29, 1.82) is 0 Å². The van der Waals surface area contributed by atoms with Crippen LogP contribution in [0.25, 0.3) is 11.0 Å². The number of ether oxygens (including phenoxy) is 1. The van der Waals surface area contributed by atoms with E-state index in [1.165, 1.54) is 0 Å². The number of hydrogen-bond donors (Lipinski definition) is 2. The zero-order valence-electron chi connectivity index (χ0n) is 19.3. The Labute approximate surface area is 197 Å². The van der Waals surface area contributed by atoms with E-state index < -0.39 is 6.09 Å². The average molecular weight is 461 g/mol. The van der Waals surface area contributed by atoms with Gasteiger partial charge in [-0.3, -0.25) is 4.79 Å². The molecule has 0 unspecified atom stereocenters. The molecule has 2 heterocycles. The monoisotopic (exact) mass is 460 g/mol. The summed E-state index contributed by atoms with van der Waals surface area (Å²) in [5.41, 5.74) is 3.85. The maximum atomic E-state index is 12.0. The number of alkyl carbamates (subject to hydrolysis) is 1. The van der Waals surface area contributed by atoms with Crippen LogP contribution in [-0.4, -0.2) is 38.3 Å². The second kappa shape index (κ2) is 10.7. The molecular weight excluding hydrogens is 432 g/mol. The molecule has 0 radical (unpaired) electrons. The Bertz CT molecular complexity index is 1280. The third kappa shape index (κ3) is 5.25. The van der Waals surface area contributed by atoms with Crippen LogP contribution in [0.1, 0.15) is 35.0 Å². The molecule has 2 aromatic carbocycles. The average Bonchev–Trinajstić information content (AvgIpc) is 3.40. The lowest BCUT2D eigenvalue weighted by Crippen LogP contribution is -2.26. The number of nitrogens with zero attached hydrogens (tertiary/aromatic N) is 4. The number of aldehydes is 1. The quantitative estimate of drug-likeness (QED) is 0.268. The van der Waals surface area contributed by atoms with Gasteiger partial charge < -0.3 is 19.9 Å². The SMILES string of the molecule is CCn1nc(C)cc1Nc1nc2c(C=O)cccc2n1CCCNC(=O)OCc1ccccc1. The molecular formula is C25H28N6O3. The first-order valence-electron chi connectivity index (χ1n) is 11.3. The van der Waals surface area contributed by atoms with Crippen LogP contribution < -0.4 is 10.6 Å². The molecule has 0 fully saturated rings. The molecule has 9 nitrogen and oxygen atoms in total. The number of rotatable bonds is 10. The molecule has 0 atom stereocenters. The molecule has 4 aromatic rings. The van der Waals surface area contributed by atoms with Crippen LogP contribution in [0.3, 0.4) is 0 Å². The predicted molar refractivity (Wildman–Crippen MR) is 130 cm³/mol. The zero-order chi connectivity index (χ0) is 23.9. The lowest BCUT2D eigenvalue weighted by molar-refractivity contribution is 0.112. The van der Waals surface area contributed by atoms with E-state index in [0.29, 0.717) is 43.1 Å². The lowest BCUT2D eigenvalue weighted by Gasteiger charge is -2.12. The highest BCUT2D eigenvalue weighted by molar-refractivity contribution is 5.95. The van der Waals surface area contributed by atoms with Gasteiger partial charge in [-0.15, -0.1) is 0 Å². The molecule has 4 rings (SSSR count). The van der Waals surface area contributed by atoms with Crippen molar-refractivity contribution in [1.82, 2.24) is 24.6 Å². The van der Waals surface area contributed by atoms with Gasteiger partial charge in [-0.1, -0.05) is 36.4 Å². The van der Waals surface area contributed by atoms with Gasteiger partial charge in [-0.2, -0.15) is 5.10 Å². The molecule has 0 aliphatic heterocycles. The highest BCUT2D eigenvalue weighted by Crippen LogP contribution is 2.25. The standard InChI is InChI=1S/C25H28N6O3/c1-3-31-22(15-18(2)29-31)27-24-28-23-20(16-32)11-7-12-21(23)30(24)14-8-13-26-25(33)34-17-19-9-5-4-6-10-19/h4-7,9-12,15-16H,3,8,13-14,17H2,1-2H3,(H,26,33)(H,27,28). The van der Waals surface area contributed by atoms with Gasteiger partial charge in [-0.05, 0) is 38.0 Å². The van der Waals surface area contributed by atoms with Crippen molar-refractivity contribution < 1.29 is 14.3 Å². The number of carbonyl (C=O) groups is 2. The summed E-state index contributed by atoms with van der Waals surface area (Å²) in [7, 11) is 0. The van der Waals surface area contributed by atoms with E-state index in [2.05, 4.69) is 15.7 Å². The molecule has 176 valence electrons. The fraction of sp³-hybridized carbons (Fsp3) is 0.280. The summed E-state index contributed by atoms with van der Waals surface area (Å²) in [6, 6.07) is 17.0. The van der Waals surface area contributed by atoms with Crippen LogP contribution in [0.15, 0.2) is 54.6 Å². The Morgan fingerprint density at radius 1 is 1.15 bits per heavy atom. The molecule has 9 heteroatoms. The lowest BCUT2D eigenvalue weighted by atomic mass is 10.2. The van der Waals surface area contributed by atoms with Gasteiger partial charge in [-0.25, -0.2) is 14.5 Å². The number of carbonyl (C=O) groups excluding carboxylic acids is 2. The zero-order valence-corrected chi connectivity index (χ0v) is 19.3. The third-order valence-electron chi connectivity index (χ3n) is 5.42. The first kappa shape index (κ1) is 23.0. The number of imidazole rings is 1. The van der Waals surface area contributed by atoms with Crippen LogP contribution in [0.2, 0.25) is 0 Å². The molecule has 2 N–H and O–H groups in total. The van der Waals surface area contributed by atoms with Gasteiger partial charge in [0.1, 0.15) is 17.9 Å². The second-order valence-electron chi connectivity index (χ2n) is 7.87. The minimum atomic E-state index is -0.455. The highest BCUT2D eigenvalue weighted by atomic mass is 16.5. The smallest absolute Gasteiger partial charge is 0.407 e. The summed E-state index contributed by atoms with van der Waals surface area (Å²) < 4.78 is 9.15. The Morgan fingerprint density at radius 2 is 1.97 bits per heavy atom. The number of aromatic nitrogens is 4. The van der Waals surface area contributed by atoms with Gasteiger partial charge in [0.2, 0.25) is 5.95 Å². The van der Waals surface area contributed by atoms with Crippen LogP contribution in [0.5, 0.6) is 0 Å². The number of hydrogen-bond acceptors (Lipinski definition) is 6. The molecule has 0 aliphatic carbocycles. The Kier molecular flexibility index (Phi) is 7.22. The molecule has 0 bridgehead atoms.